The summed E-state index contributed by atoms with van der Waals surface area (Å²) >= 11 is 0. The number of aliphatic hydroxyl groups is 1. The SMILES string of the molecule is CC/C=C\C/C=C\C/C=C\C/C=C\CCCCC(=O)OCC(COP(=O)(O)OCC(O)COP(=O)(O)OCC(COC(=O)CCCCCCCCC/C=C\C/C=C\C/C=C\CC)OC(=O)CCCC/C=C\C/C=C\C/C=C\C/C=C\CC)OC(=O)CCCCCCC/C=C\C/C=C\C/C=C\CC. The molecule has 5 unspecified atom stereocenters. The maximum Gasteiger partial charge on any atom is 0.472 e. The molecule has 0 heterocycles. The van der Waals surface area contributed by atoms with Gasteiger partial charge in [-0.3, -0.25) is 37.3 Å². The van der Waals surface area contributed by atoms with Gasteiger partial charge >= 0.3 is 39.5 Å². The predicted octanol–water partition coefficient (Wildman–Crippen LogP) is 22.2. The van der Waals surface area contributed by atoms with Crippen molar-refractivity contribution >= 4 is 39.5 Å². The molecule has 0 rings (SSSR count). The van der Waals surface area contributed by atoms with Gasteiger partial charge in [0.05, 0.1) is 26.4 Å². The van der Waals surface area contributed by atoms with Crippen LogP contribution < -0.4 is 0 Å². The van der Waals surface area contributed by atoms with Crippen LogP contribution in [0, 0.1) is 0 Å². The smallest absolute Gasteiger partial charge is 0.462 e. The van der Waals surface area contributed by atoms with Gasteiger partial charge in [0, 0.05) is 25.7 Å². The Morgan fingerprint density at radius 1 is 0.275 bits per heavy atom. The summed E-state index contributed by atoms with van der Waals surface area (Å²) in [5, 5.41) is 10.6. The van der Waals surface area contributed by atoms with E-state index in [2.05, 4.69) is 198 Å². The quantitative estimate of drug-likeness (QED) is 0.0169. The highest BCUT2D eigenvalue weighted by Gasteiger charge is 2.30. The summed E-state index contributed by atoms with van der Waals surface area (Å²) in [6.45, 7) is 4.27. The zero-order valence-corrected chi connectivity index (χ0v) is 64.8. The third-order valence-electron chi connectivity index (χ3n) is 15.2. The van der Waals surface area contributed by atoms with Gasteiger partial charge in [0.15, 0.2) is 12.2 Å². The van der Waals surface area contributed by atoms with Gasteiger partial charge in [0.25, 0.3) is 0 Å². The lowest BCUT2D eigenvalue weighted by atomic mass is 10.1. The molecule has 0 saturated heterocycles. The number of hydrogen-bond acceptors (Lipinski definition) is 15. The fourth-order valence-corrected chi connectivity index (χ4v) is 11.0. The number of phosphoric acid groups is 2. The summed E-state index contributed by atoms with van der Waals surface area (Å²) in [5.74, 6) is -2.32. The first-order valence-electron chi connectivity index (χ1n) is 38.4. The Morgan fingerprint density at radius 2 is 0.480 bits per heavy atom. The molecule has 578 valence electrons. The van der Waals surface area contributed by atoms with E-state index in [9.17, 15) is 43.2 Å². The van der Waals surface area contributed by atoms with Gasteiger partial charge in [0.1, 0.15) is 19.3 Å². The van der Waals surface area contributed by atoms with Crippen molar-refractivity contribution in [3.8, 4) is 0 Å². The minimum atomic E-state index is -5.00. The first kappa shape index (κ1) is 96.4. The van der Waals surface area contributed by atoms with E-state index in [1.807, 2.05) is 0 Å². The Bertz CT molecular complexity index is 2600. The van der Waals surface area contributed by atoms with Gasteiger partial charge in [-0.2, -0.15) is 0 Å². The van der Waals surface area contributed by atoms with Gasteiger partial charge in [-0.1, -0.05) is 249 Å². The summed E-state index contributed by atoms with van der Waals surface area (Å²) in [7, 11) is -10.0. The molecule has 0 amide bonds. The maximum atomic E-state index is 13.1. The van der Waals surface area contributed by atoms with E-state index >= 15 is 0 Å². The first-order valence-corrected chi connectivity index (χ1v) is 41.4. The average molecular weight is 1470 g/mol. The van der Waals surface area contributed by atoms with Gasteiger partial charge in [-0.05, 0) is 167 Å². The van der Waals surface area contributed by atoms with Crippen LogP contribution in [0.2, 0.25) is 0 Å². The number of carbonyl (C=O) groups is 4. The summed E-state index contributed by atoms with van der Waals surface area (Å²) in [5.41, 5.74) is 0. The second-order valence-corrected chi connectivity index (χ2v) is 27.7. The van der Waals surface area contributed by atoms with Crippen LogP contribution in [0.3, 0.4) is 0 Å². The molecule has 102 heavy (non-hydrogen) atoms. The molecule has 0 bridgehead atoms. The summed E-state index contributed by atoms with van der Waals surface area (Å²) < 4.78 is 68.4. The molecule has 0 radical (unpaired) electrons. The molecule has 0 aromatic rings. The Hall–Kier alpha value is -5.58. The Balaban J connectivity index is 5.46. The van der Waals surface area contributed by atoms with Gasteiger partial charge in [-0.25, -0.2) is 9.13 Å². The van der Waals surface area contributed by atoms with Gasteiger partial charge in [0.2, 0.25) is 0 Å². The van der Waals surface area contributed by atoms with Crippen molar-refractivity contribution in [1.29, 1.82) is 0 Å². The van der Waals surface area contributed by atoms with Crippen molar-refractivity contribution in [1.82, 2.24) is 0 Å². The van der Waals surface area contributed by atoms with Crippen LogP contribution in [0.1, 0.15) is 272 Å². The van der Waals surface area contributed by atoms with Gasteiger partial charge in [-0.15, -0.1) is 0 Å². The molecule has 3 N–H and O–H groups in total. The van der Waals surface area contributed by atoms with Crippen molar-refractivity contribution in [2.45, 2.75) is 290 Å². The van der Waals surface area contributed by atoms with Crippen LogP contribution >= 0.6 is 15.6 Å². The van der Waals surface area contributed by atoms with E-state index in [4.69, 9.17) is 37.0 Å². The number of aliphatic hydroxyl groups excluding tert-OH is 1. The zero-order chi connectivity index (χ0) is 74.6. The summed E-state index contributed by atoms with van der Waals surface area (Å²) in [6, 6.07) is 0. The maximum absolute atomic E-state index is 13.1. The molecule has 19 heteroatoms. The minimum Gasteiger partial charge on any atom is -0.462 e. The molecule has 0 aromatic carbocycles. The van der Waals surface area contributed by atoms with E-state index < -0.39 is 97.5 Å². The topological polar surface area (TPSA) is 237 Å². The fourth-order valence-electron chi connectivity index (χ4n) is 9.46. The standard InChI is InChI=1S/C83H134O17P2/c1-5-9-13-17-21-25-29-33-37-38-42-44-48-52-56-60-64-68-81(86)94-74-79(100-83(88)70-66-62-58-54-50-46-41-36-32-28-24-20-16-12-8-4)76-98-102(91,92)96-72-77(84)71-95-101(89,90)97-75-78(99-82(87)69-65-61-57-53-49-45-40-35-31-27-23-19-15-11-7-3)73-93-80(85)67-63-59-55-51-47-43-39-34-30-26-22-18-14-10-6-2/h9-16,21-28,33-37,39-41,47,50-51,54,77-79,84H,5-8,17-20,29-32,38,42-46,48-49,52-53,55-76H2,1-4H3,(H,89,90)(H,91,92)/b13-9-,14-10-,15-11-,16-12-,25-21-,26-22-,27-23-,28-24-,37-33-,39-34-,40-35-,41-36-,51-47-,54-50-. The van der Waals surface area contributed by atoms with Crippen molar-refractivity contribution in [3.63, 3.8) is 0 Å². The lowest BCUT2D eigenvalue weighted by molar-refractivity contribution is -0.161. The average Bonchev–Trinajstić information content (AvgIpc) is 0.926. The number of hydrogen-bond donors (Lipinski definition) is 3. The zero-order valence-electron chi connectivity index (χ0n) is 63.0. The van der Waals surface area contributed by atoms with E-state index in [1.165, 1.54) is 0 Å². The number of esters is 4. The monoisotopic (exact) mass is 1460 g/mol. The first-order chi connectivity index (χ1) is 49.7. The highest BCUT2D eigenvalue weighted by atomic mass is 31.2. The molecular weight excluding hydrogens is 1330 g/mol. The third kappa shape index (κ3) is 72.8. The lowest BCUT2D eigenvalue weighted by Crippen LogP contribution is -2.30. The van der Waals surface area contributed by atoms with E-state index in [-0.39, 0.29) is 25.7 Å². The molecule has 0 saturated carbocycles. The Labute approximate surface area is 616 Å². The number of rotatable bonds is 70. The number of carbonyl (C=O) groups excluding carboxylic acids is 4. The molecule has 17 nitrogen and oxygen atoms in total. The van der Waals surface area contributed by atoms with Crippen molar-refractivity contribution in [3.05, 3.63) is 170 Å². The largest absolute Gasteiger partial charge is 0.472 e. The fraction of sp³-hybridized carbons (Fsp3) is 0.614. The van der Waals surface area contributed by atoms with E-state index in [0.29, 0.717) is 32.1 Å². The Kier molecular flexibility index (Phi) is 69.7. The van der Waals surface area contributed by atoms with Crippen LogP contribution in [0.25, 0.3) is 0 Å². The second kappa shape index (κ2) is 73.7. The number of allylic oxidation sites excluding steroid dienone is 28. The second-order valence-electron chi connectivity index (χ2n) is 24.8. The van der Waals surface area contributed by atoms with E-state index in [0.717, 1.165) is 186 Å². The van der Waals surface area contributed by atoms with Crippen LogP contribution in [-0.4, -0.2) is 96.7 Å². The highest BCUT2D eigenvalue weighted by Crippen LogP contribution is 2.45. The Morgan fingerprint density at radius 3 is 0.755 bits per heavy atom. The molecule has 0 spiro atoms. The molecule has 0 aromatic heterocycles. The highest BCUT2D eigenvalue weighted by molar-refractivity contribution is 7.47. The molecule has 0 aliphatic heterocycles. The molecule has 0 fully saturated rings. The van der Waals surface area contributed by atoms with Gasteiger partial charge < -0.3 is 33.8 Å². The van der Waals surface area contributed by atoms with Crippen LogP contribution in [0.5, 0.6) is 0 Å². The molecular formula is C83H134O17P2. The molecule has 0 aliphatic carbocycles. The van der Waals surface area contributed by atoms with Crippen LogP contribution in [-0.2, 0) is 65.4 Å². The lowest BCUT2D eigenvalue weighted by Gasteiger charge is -2.21. The van der Waals surface area contributed by atoms with E-state index in [1.54, 1.807) is 0 Å². The van der Waals surface area contributed by atoms with Crippen molar-refractivity contribution in [2.24, 2.45) is 0 Å². The summed E-state index contributed by atoms with van der Waals surface area (Å²) in [6.07, 6.45) is 86.4. The number of ether oxygens (including phenoxy) is 4. The van der Waals surface area contributed by atoms with Crippen molar-refractivity contribution < 1.29 is 80.2 Å². The number of phosphoric ester groups is 2. The summed E-state index contributed by atoms with van der Waals surface area (Å²) in [4.78, 5) is 72.9. The number of unbranched alkanes of at least 4 members (excludes halogenated alkanes) is 16. The normalized spacial score (nSPS) is 14.9. The third-order valence-corrected chi connectivity index (χ3v) is 17.1. The predicted molar refractivity (Wildman–Crippen MR) is 417 cm³/mol. The minimum absolute atomic E-state index is 0.0332. The van der Waals surface area contributed by atoms with Crippen molar-refractivity contribution in [2.75, 3.05) is 39.6 Å². The molecule has 0 aliphatic rings. The van der Waals surface area contributed by atoms with Crippen LogP contribution in [0.15, 0.2) is 170 Å². The van der Waals surface area contributed by atoms with Crippen LogP contribution in [0.4, 0.5) is 0 Å². The molecule has 5 atom stereocenters.